The summed E-state index contributed by atoms with van der Waals surface area (Å²) in [7, 11) is 4.16. The van der Waals surface area contributed by atoms with Gasteiger partial charge in [0.05, 0.1) is 21.4 Å². The highest BCUT2D eigenvalue weighted by Gasteiger charge is 2.32. The Morgan fingerprint density at radius 2 is 1.86 bits per heavy atom. The molecule has 6 rings (SSSR count). The molecule has 4 aromatic rings. The molecule has 2 aromatic heterocycles. The Balaban J connectivity index is 1.57. The van der Waals surface area contributed by atoms with E-state index in [1.165, 1.54) is 6.07 Å². The quantitative estimate of drug-likeness (QED) is 0.311. The van der Waals surface area contributed by atoms with Crippen molar-refractivity contribution in [2.24, 2.45) is 0 Å². The van der Waals surface area contributed by atoms with Crippen molar-refractivity contribution in [3.05, 3.63) is 52.9 Å². The number of hydrogen-bond acceptors (Lipinski definition) is 9. The van der Waals surface area contributed by atoms with E-state index >= 15 is 0 Å². The zero-order valence-electron chi connectivity index (χ0n) is 25.9. The maximum atomic E-state index is 14.8. The van der Waals surface area contributed by atoms with E-state index in [0.29, 0.717) is 64.5 Å². The Labute approximate surface area is 261 Å². The number of aryl methyl sites for hydroxylation is 2. The number of rotatable bonds is 5. The summed E-state index contributed by atoms with van der Waals surface area (Å²) >= 11 is 1.14. The van der Waals surface area contributed by atoms with Gasteiger partial charge in [-0.15, -0.1) is 0 Å². The number of carbonyl (C=O) groups excluding carboxylic acids is 1. The molecule has 44 heavy (non-hydrogen) atoms. The maximum absolute atomic E-state index is 14.8. The normalized spacial score (nSPS) is 17.2. The number of nitrogens with two attached hydrogens (primary N) is 1. The highest BCUT2D eigenvalue weighted by atomic mass is 32.1. The zero-order valence-corrected chi connectivity index (χ0v) is 26.7. The number of likely N-dealkylation sites (N-methyl/N-ethyl adjacent to an activating group) is 1. The summed E-state index contributed by atoms with van der Waals surface area (Å²) in [5.41, 5.74) is 12.9. The van der Waals surface area contributed by atoms with E-state index in [4.69, 9.17) is 10.7 Å². The summed E-state index contributed by atoms with van der Waals surface area (Å²) in [6.45, 7) is 13.5. The molecule has 2 aliphatic heterocycles. The van der Waals surface area contributed by atoms with Gasteiger partial charge in [0.15, 0.2) is 5.13 Å². The highest BCUT2D eigenvalue weighted by molar-refractivity contribution is 7.22. The van der Waals surface area contributed by atoms with Crippen LogP contribution in [0.2, 0.25) is 0 Å². The molecule has 2 aliphatic rings. The summed E-state index contributed by atoms with van der Waals surface area (Å²) in [6, 6.07) is 8.21. The van der Waals surface area contributed by atoms with Gasteiger partial charge < -0.3 is 25.3 Å². The predicted octanol–water partition coefficient (Wildman–Crippen LogP) is 5.09. The van der Waals surface area contributed by atoms with Crippen molar-refractivity contribution >= 4 is 55.0 Å². The molecule has 1 atom stereocenters. The zero-order chi connectivity index (χ0) is 31.4. The molecule has 4 heterocycles. The molecule has 9 nitrogen and oxygen atoms in total. The van der Waals surface area contributed by atoms with Crippen molar-refractivity contribution in [1.29, 1.82) is 5.26 Å². The Bertz CT molecular complexity index is 1870. The fourth-order valence-corrected chi connectivity index (χ4v) is 7.49. The van der Waals surface area contributed by atoms with Crippen LogP contribution in [0, 0.1) is 31.0 Å². The first-order valence-electron chi connectivity index (χ1n) is 14.8. The van der Waals surface area contributed by atoms with E-state index in [1.807, 2.05) is 18.7 Å². The van der Waals surface area contributed by atoms with Gasteiger partial charge >= 0.3 is 0 Å². The van der Waals surface area contributed by atoms with Gasteiger partial charge in [0.1, 0.15) is 23.3 Å². The number of halogens is 1. The maximum Gasteiger partial charge on any atom is 0.249 e. The van der Waals surface area contributed by atoms with E-state index in [9.17, 15) is 14.4 Å². The number of nitrogen functional groups attached to an aromatic ring is 1. The number of aromatic nitrogens is 2. The van der Waals surface area contributed by atoms with Gasteiger partial charge in [0.2, 0.25) is 5.91 Å². The molecule has 1 unspecified atom stereocenters. The average Bonchev–Trinajstić information content (AvgIpc) is 3.65. The summed E-state index contributed by atoms with van der Waals surface area (Å²) < 4.78 is 15.2. The number of fused-ring (bicyclic) bond motifs is 2. The number of amides is 1. The largest absolute Gasteiger partial charge is 0.375 e. The lowest BCUT2D eigenvalue weighted by atomic mass is 9.91. The van der Waals surface area contributed by atoms with E-state index in [1.54, 1.807) is 13.0 Å². The number of nitrogens with zero attached hydrogens (tertiary/aromatic N) is 7. The second-order valence-corrected chi connectivity index (χ2v) is 13.1. The first kappa shape index (κ1) is 29.8. The van der Waals surface area contributed by atoms with E-state index < -0.39 is 0 Å². The van der Waals surface area contributed by atoms with Crippen LogP contribution in [0.3, 0.4) is 0 Å². The summed E-state index contributed by atoms with van der Waals surface area (Å²) in [6.07, 6.45) is 0.978. The van der Waals surface area contributed by atoms with Crippen LogP contribution >= 0.6 is 11.3 Å². The molecule has 0 saturated carbocycles. The number of hydrogen-bond donors (Lipinski definition) is 1. The van der Waals surface area contributed by atoms with Crippen LogP contribution in [0.5, 0.6) is 0 Å². The minimum absolute atomic E-state index is 0.0400. The summed E-state index contributed by atoms with van der Waals surface area (Å²) in [5.74, 6) is 0.297. The van der Waals surface area contributed by atoms with E-state index in [-0.39, 0.29) is 11.7 Å². The molecular formula is C33H37FN8OS. The monoisotopic (exact) mass is 612 g/mol. The van der Waals surface area contributed by atoms with Gasteiger partial charge in [0.25, 0.3) is 0 Å². The van der Waals surface area contributed by atoms with Crippen molar-refractivity contribution in [2.45, 2.75) is 33.2 Å². The van der Waals surface area contributed by atoms with Crippen molar-refractivity contribution in [2.75, 3.05) is 68.9 Å². The number of carbonyl (C=O) groups is 1. The average molecular weight is 613 g/mol. The van der Waals surface area contributed by atoms with Crippen LogP contribution in [-0.4, -0.2) is 85.1 Å². The van der Waals surface area contributed by atoms with Gasteiger partial charge in [-0.25, -0.2) is 14.4 Å². The standard InChI is InChI=1S/C33H37FN8OS/c1-18(2)32(43)41-13-11-40(12-14-41)29-23-15-19(3)26(22-7-8-25(34)30-28(22)38-33(36)44-30)20(4)27(23)37-31(24(29)16-35)42-10-9-21(17-42)39(5)6/h7-8,15,21H,1,9-14,17H2,2-6H3,(H2,36,38). The third-order valence-corrected chi connectivity index (χ3v) is 9.90. The molecule has 2 aromatic carbocycles. The fraction of sp³-hybridized carbons (Fsp3) is 0.394. The third-order valence-electron chi connectivity index (χ3n) is 9.01. The molecule has 228 valence electrons. The van der Waals surface area contributed by atoms with Gasteiger partial charge in [0, 0.05) is 61.8 Å². The molecule has 2 saturated heterocycles. The number of pyridine rings is 1. The minimum Gasteiger partial charge on any atom is -0.375 e. The number of benzene rings is 2. The highest BCUT2D eigenvalue weighted by Crippen LogP contribution is 2.44. The molecule has 2 N–H and O–H groups in total. The molecule has 1 amide bonds. The number of anilines is 3. The minimum atomic E-state index is -0.343. The second-order valence-electron chi connectivity index (χ2n) is 12.1. The first-order chi connectivity index (χ1) is 21.0. The Morgan fingerprint density at radius 1 is 1.14 bits per heavy atom. The summed E-state index contributed by atoms with van der Waals surface area (Å²) in [4.78, 5) is 30.9. The van der Waals surface area contributed by atoms with Crippen LogP contribution in [0.25, 0.3) is 32.2 Å². The van der Waals surface area contributed by atoms with Crippen LogP contribution in [0.15, 0.2) is 30.4 Å². The lowest BCUT2D eigenvalue weighted by molar-refractivity contribution is -0.127. The topological polar surface area (TPSA) is 106 Å². The Kier molecular flexibility index (Phi) is 7.68. The lowest BCUT2D eigenvalue weighted by Crippen LogP contribution is -2.49. The van der Waals surface area contributed by atoms with Crippen LogP contribution in [-0.2, 0) is 4.79 Å². The fourth-order valence-electron chi connectivity index (χ4n) is 6.73. The smallest absolute Gasteiger partial charge is 0.249 e. The second kappa shape index (κ2) is 11.3. The summed E-state index contributed by atoms with van der Waals surface area (Å²) in [5, 5.41) is 11.9. The van der Waals surface area contributed by atoms with Crippen molar-refractivity contribution in [3.63, 3.8) is 0 Å². The predicted molar refractivity (Wildman–Crippen MR) is 177 cm³/mol. The lowest BCUT2D eigenvalue weighted by Gasteiger charge is -2.38. The van der Waals surface area contributed by atoms with Crippen molar-refractivity contribution < 1.29 is 9.18 Å². The SMILES string of the molecule is C=C(C)C(=O)N1CCN(c2c(C#N)c(N3CCC(N(C)C)C3)nc3c(C)c(-c4ccc(F)c5sc(N)nc45)c(C)cc23)CC1. The van der Waals surface area contributed by atoms with Crippen molar-refractivity contribution in [3.8, 4) is 17.2 Å². The van der Waals surface area contributed by atoms with Crippen molar-refractivity contribution in [1.82, 2.24) is 19.8 Å². The molecule has 2 fully saturated rings. The van der Waals surface area contributed by atoms with Crippen LogP contribution < -0.4 is 15.5 Å². The number of piperazine rings is 1. The van der Waals surface area contributed by atoms with E-state index in [2.05, 4.69) is 52.5 Å². The molecule has 11 heteroatoms. The molecule has 0 spiro atoms. The van der Waals surface area contributed by atoms with Gasteiger partial charge in [-0.05, 0) is 76.2 Å². The van der Waals surface area contributed by atoms with Gasteiger partial charge in [-0.2, -0.15) is 5.26 Å². The number of nitriles is 1. The van der Waals surface area contributed by atoms with Gasteiger partial charge in [-0.1, -0.05) is 17.9 Å². The molecule has 0 aliphatic carbocycles. The van der Waals surface area contributed by atoms with Gasteiger partial charge in [-0.3, -0.25) is 4.79 Å². The Hall–Kier alpha value is -4.27. The van der Waals surface area contributed by atoms with Crippen LogP contribution in [0.4, 0.5) is 21.0 Å². The molecule has 0 bridgehead atoms. The third kappa shape index (κ3) is 4.92. The number of thiazole rings is 1. The molecular weight excluding hydrogens is 575 g/mol. The molecule has 0 radical (unpaired) electrons. The Morgan fingerprint density at radius 3 is 2.50 bits per heavy atom. The van der Waals surface area contributed by atoms with E-state index in [0.717, 1.165) is 69.7 Å². The van der Waals surface area contributed by atoms with Crippen LogP contribution in [0.1, 0.15) is 30.0 Å². The first-order valence-corrected chi connectivity index (χ1v) is 15.7.